The lowest BCUT2D eigenvalue weighted by molar-refractivity contribution is 0.169. The van der Waals surface area contributed by atoms with E-state index in [0.29, 0.717) is 23.1 Å². The summed E-state index contributed by atoms with van der Waals surface area (Å²) >= 11 is 11.8. The first-order valence-electron chi connectivity index (χ1n) is 5.51. The third kappa shape index (κ3) is 2.61. The standard InChI is InChI=1S/C10H15Cl2N5/c1-6-4-17(5-7(2)16(6)3)9-8(11)14-15-10(12)13-9/h6-7H,4-5H2,1-3H3. The Morgan fingerprint density at radius 1 is 1.12 bits per heavy atom. The van der Waals surface area contributed by atoms with Gasteiger partial charge in [0.05, 0.1) is 0 Å². The molecule has 0 amide bonds. The van der Waals surface area contributed by atoms with Gasteiger partial charge in [-0.15, -0.1) is 10.2 Å². The van der Waals surface area contributed by atoms with Crippen LogP contribution in [-0.2, 0) is 0 Å². The number of piperazine rings is 1. The Balaban J connectivity index is 2.25. The molecular formula is C10H15Cl2N5. The zero-order valence-corrected chi connectivity index (χ0v) is 11.6. The molecule has 0 N–H and O–H groups in total. The van der Waals surface area contributed by atoms with Gasteiger partial charge in [-0.3, -0.25) is 4.90 Å². The SMILES string of the molecule is CC1CN(c2nc(Cl)nnc2Cl)CC(C)N1C. The first kappa shape index (κ1) is 12.8. The normalized spacial score (nSPS) is 26.3. The Hall–Kier alpha value is -0.650. The highest BCUT2D eigenvalue weighted by Crippen LogP contribution is 2.25. The third-order valence-corrected chi connectivity index (χ3v) is 3.67. The van der Waals surface area contributed by atoms with Crippen LogP contribution in [0, 0.1) is 0 Å². The fourth-order valence-corrected chi connectivity index (χ4v) is 2.38. The summed E-state index contributed by atoms with van der Waals surface area (Å²) in [5.74, 6) is 0.624. The van der Waals surface area contributed by atoms with Gasteiger partial charge < -0.3 is 4.90 Å². The van der Waals surface area contributed by atoms with E-state index in [9.17, 15) is 0 Å². The van der Waals surface area contributed by atoms with E-state index in [1.54, 1.807) is 0 Å². The predicted molar refractivity (Wildman–Crippen MR) is 68.7 cm³/mol. The lowest BCUT2D eigenvalue weighted by Crippen LogP contribution is -2.55. The molecular weight excluding hydrogens is 261 g/mol. The van der Waals surface area contributed by atoms with Crippen molar-refractivity contribution < 1.29 is 0 Å². The van der Waals surface area contributed by atoms with E-state index in [1.807, 2.05) is 0 Å². The highest BCUT2D eigenvalue weighted by Gasteiger charge is 2.28. The Bertz CT molecular complexity index is 402. The lowest BCUT2D eigenvalue weighted by Gasteiger charge is -2.42. The number of likely N-dealkylation sites (N-methyl/N-ethyl adjacent to an activating group) is 1. The summed E-state index contributed by atoms with van der Waals surface area (Å²) in [5.41, 5.74) is 0. The van der Waals surface area contributed by atoms with Crippen molar-refractivity contribution in [3.63, 3.8) is 0 Å². The van der Waals surface area contributed by atoms with Crippen molar-refractivity contribution >= 4 is 29.0 Å². The van der Waals surface area contributed by atoms with Gasteiger partial charge in [0, 0.05) is 25.2 Å². The minimum absolute atomic E-state index is 0.128. The van der Waals surface area contributed by atoms with Crippen LogP contribution in [-0.4, -0.2) is 52.3 Å². The molecule has 0 radical (unpaired) electrons. The molecule has 17 heavy (non-hydrogen) atoms. The van der Waals surface area contributed by atoms with E-state index in [-0.39, 0.29) is 5.28 Å². The maximum absolute atomic E-state index is 6.01. The predicted octanol–water partition coefficient (Wildman–Crippen LogP) is 1.71. The summed E-state index contributed by atoms with van der Waals surface area (Å²) in [6.07, 6.45) is 0. The molecule has 1 fully saturated rings. The Morgan fingerprint density at radius 2 is 1.71 bits per heavy atom. The van der Waals surface area contributed by atoms with Crippen LogP contribution in [0.5, 0.6) is 0 Å². The highest BCUT2D eigenvalue weighted by molar-refractivity contribution is 6.32. The summed E-state index contributed by atoms with van der Waals surface area (Å²) in [6, 6.07) is 0.868. The van der Waals surface area contributed by atoms with Gasteiger partial charge in [0.25, 0.3) is 0 Å². The molecule has 2 heterocycles. The van der Waals surface area contributed by atoms with E-state index in [0.717, 1.165) is 13.1 Å². The maximum atomic E-state index is 6.01. The second kappa shape index (κ2) is 4.92. The van der Waals surface area contributed by atoms with E-state index in [1.165, 1.54) is 0 Å². The molecule has 7 heteroatoms. The smallest absolute Gasteiger partial charge is 0.245 e. The average molecular weight is 276 g/mol. The average Bonchev–Trinajstić information content (AvgIpc) is 2.28. The third-order valence-electron chi connectivity index (χ3n) is 3.26. The molecule has 1 aliphatic rings. The number of hydrogen-bond acceptors (Lipinski definition) is 5. The first-order valence-corrected chi connectivity index (χ1v) is 6.27. The van der Waals surface area contributed by atoms with Gasteiger partial charge in [0.2, 0.25) is 5.28 Å². The van der Waals surface area contributed by atoms with Gasteiger partial charge in [-0.2, -0.15) is 4.98 Å². The van der Waals surface area contributed by atoms with Crippen molar-refractivity contribution in [1.82, 2.24) is 20.1 Å². The molecule has 1 aromatic heterocycles. The zero-order valence-electron chi connectivity index (χ0n) is 10.1. The molecule has 0 bridgehead atoms. The molecule has 1 aromatic rings. The quantitative estimate of drug-likeness (QED) is 0.781. The summed E-state index contributed by atoms with van der Waals surface area (Å²) in [5, 5.41) is 7.84. The largest absolute Gasteiger partial charge is 0.351 e. The number of rotatable bonds is 1. The maximum Gasteiger partial charge on any atom is 0.245 e. The van der Waals surface area contributed by atoms with Gasteiger partial charge in [-0.25, -0.2) is 0 Å². The van der Waals surface area contributed by atoms with E-state index >= 15 is 0 Å². The van der Waals surface area contributed by atoms with Gasteiger partial charge >= 0.3 is 0 Å². The minimum Gasteiger partial charge on any atom is -0.351 e. The number of anilines is 1. The van der Waals surface area contributed by atoms with Crippen LogP contribution in [0.4, 0.5) is 5.82 Å². The van der Waals surface area contributed by atoms with Crippen LogP contribution in [0.15, 0.2) is 0 Å². The van der Waals surface area contributed by atoms with E-state index < -0.39 is 0 Å². The molecule has 0 aliphatic carbocycles. The molecule has 2 unspecified atom stereocenters. The van der Waals surface area contributed by atoms with Gasteiger partial charge in [-0.1, -0.05) is 11.6 Å². The Morgan fingerprint density at radius 3 is 2.29 bits per heavy atom. The van der Waals surface area contributed by atoms with Crippen LogP contribution >= 0.6 is 23.2 Å². The van der Waals surface area contributed by atoms with Crippen LogP contribution < -0.4 is 4.90 Å². The Labute approximate surface area is 111 Å². The number of halogens is 2. The van der Waals surface area contributed by atoms with Crippen LogP contribution in [0.2, 0.25) is 10.4 Å². The van der Waals surface area contributed by atoms with Crippen molar-refractivity contribution in [3.8, 4) is 0 Å². The summed E-state index contributed by atoms with van der Waals surface area (Å²) in [6.45, 7) is 6.06. The van der Waals surface area contributed by atoms with Crippen LogP contribution in [0.1, 0.15) is 13.8 Å². The molecule has 94 valence electrons. The molecule has 0 saturated carbocycles. The molecule has 1 saturated heterocycles. The molecule has 0 spiro atoms. The second-order valence-corrected chi connectivity index (χ2v) is 5.16. The fourth-order valence-electron chi connectivity index (χ4n) is 2.06. The molecule has 0 aromatic carbocycles. The number of aromatic nitrogens is 3. The summed E-state index contributed by atoms with van der Waals surface area (Å²) in [7, 11) is 2.12. The first-order chi connectivity index (χ1) is 7.99. The topological polar surface area (TPSA) is 45.2 Å². The summed E-state index contributed by atoms with van der Waals surface area (Å²) < 4.78 is 0. The summed E-state index contributed by atoms with van der Waals surface area (Å²) in [4.78, 5) is 8.60. The molecule has 2 rings (SSSR count). The number of hydrogen-bond donors (Lipinski definition) is 0. The van der Waals surface area contributed by atoms with Crippen molar-refractivity contribution in [1.29, 1.82) is 0 Å². The van der Waals surface area contributed by atoms with Gasteiger partial charge in [0.15, 0.2) is 11.0 Å². The van der Waals surface area contributed by atoms with E-state index in [4.69, 9.17) is 23.2 Å². The van der Waals surface area contributed by atoms with Crippen molar-refractivity contribution in [2.45, 2.75) is 25.9 Å². The molecule has 1 aliphatic heterocycles. The monoisotopic (exact) mass is 275 g/mol. The fraction of sp³-hybridized carbons (Fsp3) is 0.700. The number of nitrogens with zero attached hydrogens (tertiary/aromatic N) is 5. The van der Waals surface area contributed by atoms with Gasteiger partial charge in [0.1, 0.15) is 0 Å². The van der Waals surface area contributed by atoms with Crippen molar-refractivity contribution in [2.24, 2.45) is 0 Å². The van der Waals surface area contributed by atoms with E-state index in [2.05, 4.69) is 45.9 Å². The van der Waals surface area contributed by atoms with Crippen LogP contribution in [0.25, 0.3) is 0 Å². The zero-order chi connectivity index (χ0) is 12.6. The van der Waals surface area contributed by atoms with Crippen LogP contribution in [0.3, 0.4) is 0 Å². The molecule has 2 atom stereocenters. The van der Waals surface area contributed by atoms with Gasteiger partial charge in [-0.05, 0) is 32.5 Å². The highest BCUT2D eigenvalue weighted by atomic mass is 35.5. The Kier molecular flexibility index (Phi) is 3.70. The lowest BCUT2D eigenvalue weighted by atomic mass is 10.1. The van der Waals surface area contributed by atoms with Crippen molar-refractivity contribution in [3.05, 3.63) is 10.4 Å². The molecule has 5 nitrogen and oxygen atoms in total. The second-order valence-electron chi connectivity index (χ2n) is 4.46. The van der Waals surface area contributed by atoms with Crippen molar-refractivity contribution in [2.75, 3.05) is 25.0 Å². The minimum atomic E-state index is 0.128.